The van der Waals surface area contributed by atoms with Crippen LogP contribution in [0.1, 0.15) is 38.7 Å². The number of anilines is 1. The smallest absolute Gasteiger partial charge is 0.121 e. The highest BCUT2D eigenvalue weighted by Crippen LogP contribution is 2.39. The monoisotopic (exact) mass is 421 g/mol. The van der Waals surface area contributed by atoms with Crippen LogP contribution in [0, 0.1) is 17.2 Å². The summed E-state index contributed by atoms with van der Waals surface area (Å²) in [5.41, 5.74) is 4.52. The lowest BCUT2D eigenvalue weighted by molar-refractivity contribution is 0.340. The van der Waals surface area contributed by atoms with Gasteiger partial charge in [0.1, 0.15) is 22.8 Å². The molecule has 0 amide bonds. The van der Waals surface area contributed by atoms with Crippen LogP contribution in [0.15, 0.2) is 42.5 Å². The van der Waals surface area contributed by atoms with Crippen molar-refractivity contribution in [3.8, 4) is 23.1 Å². The Morgan fingerprint density at radius 1 is 1.20 bits per heavy atom. The molecule has 1 unspecified atom stereocenters. The molecule has 5 nitrogen and oxygen atoms in total. The molecule has 0 aliphatic heterocycles. The van der Waals surface area contributed by atoms with Crippen molar-refractivity contribution in [3.63, 3.8) is 0 Å². The van der Waals surface area contributed by atoms with Crippen LogP contribution in [0.4, 0.5) is 5.69 Å². The molecule has 4 rings (SSSR count). The molecule has 1 atom stereocenters. The molecular weight excluding hydrogens is 394 g/mol. The number of hydrogen-bond acceptors (Lipinski definition) is 3. The van der Waals surface area contributed by atoms with Gasteiger partial charge >= 0.3 is 0 Å². The zero-order valence-electron chi connectivity index (χ0n) is 17.5. The van der Waals surface area contributed by atoms with Gasteiger partial charge in [-0.2, -0.15) is 5.26 Å². The second-order valence-electron chi connectivity index (χ2n) is 7.73. The summed E-state index contributed by atoms with van der Waals surface area (Å²) in [5, 5.41) is 11.0. The molecular formula is C24H27N3O2S. The summed E-state index contributed by atoms with van der Waals surface area (Å²) in [6.07, 6.45) is 3.34. The fourth-order valence-electron chi connectivity index (χ4n) is 3.81. The lowest BCUT2D eigenvalue weighted by Crippen LogP contribution is -2.07. The Labute approximate surface area is 180 Å². The summed E-state index contributed by atoms with van der Waals surface area (Å²) < 4.78 is 23.0. The highest BCUT2D eigenvalue weighted by atomic mass is 32.2. The largest absolute Gasteiger partial charge is 0.494 e. The minimum atomic E-state index is -1.07. The fraction of sp³-hybridized carbons (Fsp3) is 0.375. The summed E-state index contributed by atoms with van der Waals surface area (Å²) in [7, 11) is -1.07. The SMILES string of the molecule is CCCS(=O)Nc1ccc(-c2c(C#N)c3ccc(OCC)cc3n2CC2CC2)cc1. The molecule has 1 N–H and O–H groups in total. The first kappa shape index (κ1) is 20.5. The first-order valence-corrected chi connectivity index (χ1v) is 11.9. The molecule has 6 heteroatoms. The maximum atomic E-state index is 12.0. The Balaban J connectivity index is 1.78. The highest BCUT2D eigenvalue weighted by Gasteiger charge is 2.26. The second-order valence-corrected chi connectivity index (χ2v) is 9.03. The minimum absolute atomic E-state index is 0.612. The third-order valence-electron chi connectivity index (χ3n) is 5.38. The van der Waals surface area contributed by atoms with Crippen molar-refractivity contribution < 1.29 is 8.95 Å². The van der Waals surface area contributed by atoms with Crippen LogP contribution in [0.5, 0.6) is 5.75 Å². The zero-order chi connectivity index (χ0) is 21.1. The number of aromatic nitrogens is 1. The van der Waals surface area contributed by atoms with E-state index in [0.717, 1.165) is 46.6 Å². The van der Waals surface area contributed by atoms with Gasteiger partial charge in [-0.15, -0.1) is 0 Å². The van der Waals surface area contributed by atoms with Gasteiger partial charge in [-0.25, -0.2) is 4.21 Å². The number of hydrogen-bond donors (Lipinski definition) is 1. The standard InChI is InChI=1S/C24H27N3O2S/c1-3-13-30(28)26-19-9-7-18(8-10-19)24-22(15-25)21-12-11-20(29-4-2)14-23(21)27(24)16-17-5-6-17/h7-12,14,17,26H,3-6,13,16H2,1-2H3. The summed E-state index contributed by atoms with van der Waals surface area (Å²) >= 11 is 0. The third kappa shape index (κ3) is 4.22. The molecule has 2 aromatic carbocycles. The van der Waals surface area contributed by atoms with Crippen molar-refractivity contribution in [2.45, 2.75) is 39.7 Å². The molecule has 1 saturated carbocycles. The van der Waals surface area contributed by atoms with Gasteiger partial charge in [0.2, 0.25) is 0 Å². The van der Waals surface area contributed by atoms with Gasteiger partial charge in [0, 0.05) is 29.4 Å². The van der Waals surface area contributed by atoms with E-state index in [0.29, 0.717) is 23.8 Å². The zero-order valence-corrected chi connectivity index (χ0v) is 18.3. The number of nitriles is 1. The first-order chi connectivity index (χ1) is 14.6. The van der Waals surface area contributed by atoms with Crippen LogP contribution in [0.2, 0.25) is 0 Å². The van der Waals surface area contributed by atoms with Crippen molar-refractivity contribution in [3.05, 3.63) is 48.0 Å². The topological polar surface area (TPSA) is 67.1 Å². The molecule has 156 valence electrons. The average Bonchev–Trinajstić information content (AvgIpc) is 3.51. The number of rotatable bonds is 9. The van der Waals surface area contributed by atoms with E-state index >= 15 is 0 Å². The van der Waals surface area contributed by atoms with E-state index in [9.17, 15) is 9.47 Å². The summed E-state index contributed by atoms with van der Waals surface area (Å²) in [6, 6.07) is 16.3. The average molecular weight is 422 g/mol. The minimum Gasteiger partial charge on any atom is -0.494 e. The maximum Gasteiger partial charge on any atom is 0.121 e. The quantitative estimate of drug-likeness (QED) is 0.498. The van der Waals surface area contributed by atoms with Gasteiger partial charge in [0.15, 0.2) is 0 Å². The number of benzene rings is 2. The molecule has 30 heavy (non-hydrogen) atoms. The van der Waals surface area contributed by atoms with E-state index in [4.69, 9.17) is 4.74 Å². The molecule has 1 aromatic heterocycles. The normalized spacial score (nSPS) is 14.4. The second kappa shape index (κ2) is 8.93. The Morgan fingerprint density at radius 2 is 1.97 bits per heavy atom. The molecule has 0 bridgehead atoms. The van der Waals surface area contributed by atoms with Crippen molar-refractivity contribution in [2.24, 2.45) is 5.92 Å². The first-order valence-electron chi connectivity index (χ1n) is 10.6. The lowest BCUT2D eigenvalue weighted by Gasteiger charge is -2.12. The Hall–Kier alpha value is -2.78. The summed E-state index contributed by atoms with van der Waals surface area (Å²) in [6.45, 7) is 5.51. The number of ether oxygens (including phenoxy) is 1. The number of fused-ring (bicyclic) bond motifs is 1. The van der Waals surface area contributed by atoms with E-state index in [1.165, 1.54) is 12.8 Å². The van der Waals surface area contributed by atoms with Crippen molar-refractivity contribution >= 4 is 27.6 Å². The van der Waals surface area contributed by atoms with Crippen LogP contribution >= 0.6 is 0 Å². The number of nitrogens with one attached hydrogen (secondary N) is 1. The predicted molar refractivity (Wildman–Crippen MR) is 123 cm³/mol. The molecule has 0 radical (unpaired) electrons. The molecule has 1 aliphatic carbocycles. The van der Waals surface area contributed by atoms with E-state index in [1.807, 2.05) is 50.2 Å². The van der Waals surface area contributed by atoms with E-state index < -0.39 is 11.0 Å². The molecule has 3 aromatic rings. The van der Waals surface area contributed by atoms with E-state index in [2.05, 4.69) is 21.4 Å². The van der Waals surface area contributed by atoms with Gasteiger partial charge in [0.05, 0.1) is 23.4 Å². The summed E-state index contributed by atoms with van der Waals surface area (Å²) in [5.74, 6) is 2.12. The van der Waals surface area contributed by atoms with Crippen LogP contribution in [0.3, 0.4) is 0 Å². The van der Waals surface area contributed by atoms with Crippen molar-refractivity contribution in [2.75, 3.05) is 17.1 Å². The maximum absolute atomic E-state index is 12.0. The van der Waals surface area contributed by atoms with Crippen LogP contribution in [-0.2, 0) is 17.5 Å². The van der Waals surface area contributed by atoms with Crippen LogP contribution < -0.4 is 9.46 Å². The van der Waals surface area contributed by atoms with Gasteiger partial charge in [-0.05, 0) is 61.9 Å². The van der Waals surface area contributed by atoms with Crippen molar-refractivity contribution in [1.29, 1.82) is 5.26 Å². The van der Waals surface area contributed by atoms with Crippen LogP contribution in [-0.4, -0.2) is 21.1 Å². The van der Waals surface area contributed by atoms with Crippen molar-refractivity contribution in [1.82, 2.24) is 4.57 Å². The highest BCUT2D eigenvalue weighted by molar-refractivity contribution is 7.86. The summed E-state index contributed by atoms with van der Waals surface area (Å²) in [4.78, 5) is 0. The Morgan fingerprint density at radius 3 is 2.60 bits per heavy atom. The van der Waals surface area contributed by atoms with E-state index in [1.54, 1.807) is 0 Å². The molecule has 0 spiro atoms. The molecule has 1 heterocycles. The van der Waals surface area contributed by atoms with E-state index in [-0.39, 0.29) is 0 Å². The third-order valence-corrected chi connectivity index (χ3v) is 6.62. The lowest BCUT2D eigenvalue weighted by atomic mass is 10.1. The van der Waals surface area contributed by atoms with Gasteiger partial charge < -0.3 is 14.0 Å². The van der Waals surface area contributed by atoms with Gasteiger partial charge in [-0.1, -0.05) is 19.1 Å². The molecule has 0 saturated heterocycles. The Bertz CT molecular complexity index is 1110. The fourth-order valence-corrected chi connectivity index (χ4v) is 4.68. The number of nitrogens with zero attached hydrogens (tertiary/aromatic N) is 2. The van der Waals surface area contributed by atoms with Gasteiger partial charge in [0.25, 0.3) is 0 Å². The van der Waals surface area contributed by atoms with Gasteiger partial charge in [-0.3, -0.25) is 0 Å². The Kier molecular flexibility index (Phi) is 6.10. The molecule has 1 fully saturated rings. The molecule has 1 aliphatic rings. The van der Waals surface area contributed by atoms with Crippen LogP contribution in [0.25, 0.3) is 22.2 Å². The predicted octanol–water partition coefficient (Wildman–Crippen LogP) is 5.47.